The van der Waals surface area contributed by atoms with E-state index in [1.807, 2.05) is 36.4 Å². The van der Waals surface area contributed by atoms with Gasteiger partial charge in [0.1, 0.15) is 0 Å². The smallest absolute Gasteiger partial charge is 0.231 e. The Morgan fingerprint density at radius 1 is 1.12 bits per heavy atom. The van der Waals surface area contributed by atoms with E-state index in [1.165, 1.54) is 5.69 Å². The molecule has 2 heterocycles. The summed E-state index contributed by atoms with van der Waals surface area (Å²) in [5.41, 5.74) is 2.15. The topological polar surface area (TPSA) is 50.8 Å². The number of carbonyl (C=O) groups is 1. The van der Waals surface area contributed by atoms with E-state index >= 15 is 0 Å². The second-order valence-corrected chi connectivity index (χ2v) is 6.20. The second kappa shape index (κ2) is 6.43. The van der Waals surface area contributed by atoms with Crippen LogP contribution in [-0.2, 0) is 11.2 Å². The van der Waals surface area contributed by atoms with Crippen LogP contribution in [0, 0.1) is 0 Å². The van der Waals surface area contributed by atoms with Crippen molar-refractivity contribution in [2.24, 2.45) is 0 Å². The van der Waals surface area contributed by atoms with Crippen molar-refractivity contribution < 1.29 is 14.3 Å². The Bertz CT molecular complexity index is 733. The normalized spacial score (nSPS) is 18.7. The lowest BCUT2D eigenvalue weighted by atomic mass is 10.1. The maximum absolute atomic E-state index is 12.3. The lowest BCUT2D eigenvalue weighted by Gasteiger charge is -2.19. The number of amides is 1. The molecule has 1 fully saturated rings. The molecule has 1 saturated heterocycles. The number of ether oxygens (including phenoxy) is 2. The first kappa shape index (κ1) is 14.9. The Morgan fingerprint density at radius 3 is 2.83 bits per heavy atom. The summed E-state index contributed by atoms with van der Waals surface area (Å²) in [4.78, 5) is 14.6. The Kier molecular flexibility index (Phi) is 3.99. The Hall–Kier alpha value is -2.69. The minimum absolute atomic E-state index is 0.0498. The first-order valence-corrected chi connectivity index (χ1v) is 8.26. The minimum Gasteiger partial charge on any atom is -0.454 e. The monoisotopic (exact) mass is 324 g/mol. The van der Waals surface area contributed by atoms with Gasteiger partial charge in [-0.05, 0) is 36.2 Å². The zero-order chi connectivity index (χ0) is 16.4. The molecular formula is C19H20N2O3. The summed E-state index contributed by atoms with van der Waals surface area (Å²) in [6.07, 6.45) is 1.33. The molecule has 1 amide bonds. The largest absolute Gasteiger partial charge is 0.454 e. The van der Waals surface area contributed by atoms with E-state index in [9.17, 15) is 4.79 Å². The van der Waals surface area contributed by atoms with Crippen LogP contribution in [0.1, 0.15) is 12.0 Å². The zero-order valence-corrected chi connectivity index (χ0v) is 13.4. The van der Waals surface area contributed by atoms with Gasteiger partial charge in [-0.1, -0.05) is 24.3 Å². The van der Waals surface area contributed by atoms with Gasteiger partial charge in [-0.2, -0.15) is 0 Å². The third kappa shape index (κ3) is 3.15. The summed E-state index contributed by atoms with van der Waals surface area (Å²) in [6, 6.07) is 16.2. The number of carbonyl (C=O) groups excluding carboxylic acids is 1. The van der Waals surface area contributed by atoms with E-state index in [0.717, 1.165) is 36.6 Å². The van der Waals surface area contributed by atoms with Crippen molar-refractivity contribution in [3.05, 3.63) is 54.1 Å². The van der Waals surface area contributed by atoms with Crippen molar-refractivity contribution in [3.63, 3.8) is 0 Å². The fraction of sp³-hybridized carbons (Fsp3) is 0.316. The van der Waals surface area contributed by atoms with Gasteiger partial charge in [0.15, 0.2) is 11.5 Å². The molecule has 2 aliphatic rings. The molecule has 2 aromatic carbocycles. The highest BCUT2D eigenvalue weighted by Gasteiger charge is 2.24. The van der Waals surface area contributed by atoms with Gasteiger partial charge in [-0.25, -0.2) is 0 Å². The van der Waals surface area contributed by atoms with Crippen LogP contribution < -0.4 is 19.7 Å². The molecule has 2 aromatic rings. The predicted molar refractivity (Wildman–Crippen MR) is 91.5 cm³/mol. The molecule has 0 saturated carbocycles. The maximum Gasteiger partial charge on any atom is 0.231 e. The van der Waals surface area contributed by atoms with Gasteiger partial charge in [0.2, 0.25) is 12.7 Å². The summed E-state index contributed by atoms with van der Waals surface area (Å²) in [5, 5.41) is 3.14. The quantitative estimate of drug-likeness (QED) is 0.938. The summed E-state index contributed by atoms with van der Waals surface area (Å²) < 4.78 is 10.6. The first-order valence-electron chi connectivity index (χ1n) is 8.26. The van der Waals surface area contributed by atoms with Crippen LogP contribution in [0.15, 0.2) is 48.5 Å². The van der Waals surface area contributed by atoms with E-state index < -0.39 is 0 Å². The first-order chi connectivity index (χ1) is 11.8. The molecule has 0 radical (unpaired) electrons. The van der Waals surface area contributed by atoms with Crippen LogP contribution in [0.25, 0.3) is 0 Å². The standard InChI is InChI=1S/C19H20N2O3/c22-19(11-14-6-7-17-18(10-14)24-13-23-17)20-15-8-9-21(12-15)16-4-2-1-3-5-16/h1-7,10,15H,8-9,11-13H2,(H,20,22). The van der Waals surface area contributed by atoms with Gasteiger partial charge in [-0.3, -0.25) is 4.79 Å². The molecule has 1 atom stereocenters. The molecule has 4 rings (SSSR count). The average molecular weight is 324 g/mol. The van der Waals surface area contributed by atoms with Crippen LogP contribution in [-0.4, -0.2) is 31.8 Å². The Labute approximate surface area is 141 Å². The molecule has 1 N–H and O–H groups in total. The molecule has 0 aromatic heterocycles. The molecule has 1 unspecified atom stereocenters. The van der Waals surface area contributed by atoms with Gasteiger partial charge in [0.25, 0.3) is 0 Å². The number of rotatable bonds is 4. The average Bonchev–Trinajstić information content (AvgIpc) is 3.24. The third-order valence-corrected chi connectivity index (χ3v) is 4.48. The molecule has 2 aliphatic heterocycles. The van der Waals surface area contributed by atoms with Crippen molar-refractivity contribution in [1.29, 1.82) is 0 Å². The molecule has 24 heavy (non-hydrogen) atoms. The minimum atomic E-state index is 0.0498. The number of anilines is 1. The number of hydrogen-bond acceptors (Lipinski definition) is 4. The SMILES string of the molecule is O=C(Cc1ccc2c(c1)OCO2)NC1CCN(c2ccccc2)C1. The summed E-state index contributed by atoms with van der Waals surface area (Å²) in [6.45, 7) is 2.08. The summed E-state index contributed by atoms with van der Waals surface area (Å²) in [7, 11) is 0. The fourth-order valence-corrected chi connectivity index (χ4v) is 3.27. The molecular weight excluding hydrogens is 304 g/mol. The highest BCUT2D eigenvalue weighted by atomic mass is 16.7. The van der Waals surface area contributed by atoms with E-state index in [-0.39, 0.29) is 18.7 Å². The summed E-state index contributed by atoms with van der Waals surface area (Å²) in [5.74, 6) is 1.51. The van der Waals surface area contributed by atoms with Crippen LogP contribution in [0.4, 0.5) is 5.69 Å². The van der Waals surface area contributed by atoms with Crippen LogP contribution >= 0.6 is 0 Å². The lowest BCUT2D eigenvalue weighted by Crippen LogP contribution is -2.37. The number of nitrogens with one attached hydrogen (secondary N) is 1. The number of para-hydroxylation sites is 1. The van der Waals surface area contributed by atoms with E-state index in [4.69, 9.17) is 9.47 Å². The molecule has 5 heteroatoms. The lowest BCUT2D eigenvalue weighted by molar-refractivity contribution is -0.121. The highest BCUT2D eigenvalue weighted by molar-refractivity contribution is 5.79. The number of fused-ring (bicyclic) bond motifs is 1. The summed E-state index contributed by atoms with van der Waals surface area (Å²) >= 11 is 0. The molecule has 0 aliphatic carbocycles. The molecule has 5 nitrogen and oxygen atoms in total. The van der Waals surface area contributed by atoms with Gasteiger partial charge in [0, 0.05) is 24.8 Å². The van der Waals surface area contributed by atoms with E-state index in [2.05, 4.69) is 22.3 Å². The van der Waals surface area contributed by atoms with Crippen molar-refractivity contribution in [3.8, 4) is 11.5 Å². The third-order valence-electron chi connectivity index (χ3n) is 4.48. The Morgan fingerprint density at radius 2 is 1.96 bits per heavy atom. The Balaban J connectivity index is 1.32. The highest BCUT2D eigenvalue weighted by Crippen LogP contribution is 2.32. The van der Waals surface area contributed by atoms with Crippen molar-refractivity contribution in [1.82, 2.24) is 5.32 Å². The van der Waals surface area contributed by atoms with Crippen molar-refractivity contribution in [2.75, 3.05) is 24.8 Å². The van der Waals surface area contributed by atoms with Crippen LogP contribution in [0.3, 0.4) is 0 Å². The van der Waals surface area contributed by atoms with Crippen molar-refractivity contribution >= 4 is 11.6 Å². The predicted octanol–water partition coefficient (Wildman–Crippen LogP) is 2.35. The van der Waals surface area contributed by atoms with E-state index in [1.54, 1.807) is 0 Å². The maximum atomic E-state index is 12.3. The van der Waals surface area contributed by atoms with Gasteiger partial charge < -0.3 is 19.7 Å². The molecule has 0 spiro atoms. The van der Waals surface area contributed by atoms with Gasteiger partial charge in [-0.15, -0.1) is 0 Å². The van der Waals surface area contributed by atoms with Gasteiger partial charge >= 0.3 is 0 Å². The number of benzene rings is 2. The number of nitrogens with zero attached hydrogens (tertiary/aromatic N) is 1. The molecule has 124 valence electrons. The molecule has 0 bridgehead atoms. The van der Waals surface area contributed by atoms with Crippen molar-refractivity contribution in [2.45, 2.75) is 18.9 Å². The van der Waals surface area contributed by atoms with E-state index in [0.29, 0.717) is 6.42 Å². The second-order valence-electron chi connectivity index (χ2n) is 6.20. The van der Waals surface area contributed by atoms with Crippen LogP contribution in [0.2, 0.25) is 0 Å². The zero-order valence-electron chi connectivity index (χ0n) is 13.4. The van der Waals surface area contributed by atoms with Crippen LogP contribution in [0.5, 0.6) is 11.5 Å². The fourth-order valence-electron chi connectivity index (χ4n) is 3.27. The number of hydrogen-bond donors (Lipinski definition) is 1. The van der Waals surface area contributed by atoms with Gasteiger partial charge in [0.05, 0.1) is 6.42 Å².